The van der Waals surface area contributed by atoms with Crippen LogP contribution in [0, 0.1) is 11.6 Å². The number of carbonyl (C=O) groups excluding carboxylic acids is 1. The monoisotopic (exact) mass is 347 g/mol. The van der Waals surface area contributed by atoms with Gasteiger partial charge in [-0.25, -0.2) is 8.78 Å². The van der Waals surface area contributed by atoms with Gasteiger partial charge in [0.25, 0.3) is 16.1 Å². The molecule has 1 aliphatic rings. The van der Waals surface area contributed by atoms with Crippen LogP contribution in [-0.2, 0) is 10.2 Å². The SMILES string of the molecule is CN(C)S(=O)(=O)NC1CCN(C(=O)c2ccc(F)c(F)c2)CC1. The molecule has 1 N–H and O–H groups in total. The number of hydrogen-bond donors (Lipinski definition) is 1. The van der Waals surface area contributed by atoms with Crippen LogP contribution in [0.15, 0.2) is 18.2 Å². The van der Waals surface area contributed by atoms with E-state index < -0.39 is 27.8 Å². The van der Waals surface area contributed by atoms with E-state index in [9.17, 15) is 22.0 Å². The lowest BCUT2D eigenvalue weighted by molar-refractivity contribution is 0.0710. The molecule has 0 aliphatic carbocycles. The molecule has 1 heterocycles. The second-order valence-corrected chi connectivity index (χ2v) is 7.52. The van der Waals surface area contributed by atoms with Crippen LogP contribution in [0.25, 0.3) is 0 Å². The highest BCUT2D eigenvalue weighted by Gasteiger charge is 2.27. The van der Waals surface area contributed by atoms with Gasteiger partial charge in [-0.05, 0) is 31.0 Å². The van der Waals surface area contributed by atoms with Gasteiger partial charge in [0.1, 0.15) is 0 Å². The van der Waals surface area contributed by atoms with E-state index in [0.717, 1.165) is 16.4 Å². The Morgan fingerprint density at radius 1 is 1.22 bits per heavy atom. The fraction of sp³-hybridized carbons (Fsp3) is 0.500. The molecule has 1 aromatic rings. The van der Waals surface area contributed by atoms with E-state index in [0.29, 0.717) is 25.9 Å². The predicted octanol–water partition coefficient (Wildman–Crippen LogP) is 0.965. The predicted molar refractivity (Wildman–Crippen MR) is 81.0 cm³/mol. The molecule has 0 aromatic heterocycles. The van der Waals surface area contributed by atoms with Crippen molar-refractivity contribution in [1.29, 1.82) is 0 Å². The van der Waals surface area contributed by atoms with E-state index in [4.69, 9.17) is 0 Å². The van der Waals surface area contributed by atoms with Crippen LogP contribution in [0.3, 0.4) is 0 Å². The summed E-state index contributed by atoms with van der Waals surface area (Å²) in [6, 6.07) is 2.78. The highest BCUT2D eigenvalue weighted by molar-refractivity contribution is 7.87. The quantitative estimate of drug-likeness (QED) is 0.882. The van der Waals surface area contributed by atoms with Crippen LogP contribution < -0.4 is 4.72 Å². The van der Waals surface area contributed by atoms with E-state index in [2.05, 4.69) is 4.72 Å². The smallest absolute Gasteiger partial charge is 0.279 e. The molecule has 23 heavy (non-hydrogen) atoms. The van der Waals surface area contributed by atoms with Gasteiger partial charge in [-0.1, -0.05) is 0 Å². The first-order chi connectivity index (χ1) is 10.7. The largest absolute Gasteiger partial charge is 0.339 e. The Labute approximate surface area is 134 Å². The Morgan fingerprint density at radius 2 is 1.83 bits per heavy atom. The molecule has 2 rings (SSSR count). The van der Waals surface area contributed by atoms with E-state index in [1.807, 2.05) is 0 Å². The van der Waals surface area contributed by atoms with E-state index in [1.54, 1.807) is 0 Å². The van der Waals surface area contributed by atoms with Crippen molar-refractivity contribution >= 4 is 16.1 Å². The lowest BCUT2D eigenvalue weighted by atomic mass is 10.0. The van der Waals surface area contributed by atoms with Gasteiger partial charge in [0.15, 0.2) is 11.6 Å². The summed E-state index contributed by atoms with van der Waals surface area (Å²) in [5.41, 5.74) is 0.0798. The zero-order chi connectivity index (χ0) is 17.2. The maximum atomic E-state index is 13.2. The van der Waals surface area contributed by atoms with Gasteiger partial charge in [-0.2, -0.15) is 17.4 Å². The molecule has 1 fully saturated rings. The van der Waals surface area contributed by atoms with Crippen molar-refractivity contribution in [3.05, 3.63) is 35.4 Å². The number of likely N-dealkylation sites (tertiary alicyclic amines) is 1. The highest BCUT2D eigenvalue weighted by Crippen LogP contribution is 2.16. The van der Waals surface area contributed by atoms with E-state index in [-0.39, 0.29) is 11.6 Å². The fourth-order valence-electron chi connectivity index (χ4n) is 2.33. The molecule has 0 unspecified atom stereocenters. The normalized spacial score (nSPS) is 16.8. The number of hydrogen-bond acceptors (Lipinski definition) is 3. The van der Waals surface area contributed by atoms with Crippen LogP contribution in [0.2, 0.25) is 0 Å². The molecular weight excluding hydrogens is 328 g/mol. The van der Waals surface area contributed by atoms with Crippen molar-refractivity contribution in [1.82, 2.24) is 13.9 Å². The average molecular weight is 347 g/mol. The number of benzene rings is 1. The van der Waals surface area contributed by atoms with Gasteiger partial charge < -0.3 is 4.90 Å². The Kier molecular flexibility index (Phi) is 5.33. The summed E-state index contributed by atoms with van der Waals surface area (Å²) in [5.74, 6) is -2.46. The summed E-state index contributed by atoms with van der Waals surface area (Å²) < 4.78 is 53.3. The third-order valence-corrected chi connectivity index (χ3v) is 5.34. The summed E-state index contributed by atoms with van der Waals surface area (Å²) >= 11 is 0. The highest BCUT2D eigenvalue weighted by atomic mass is 32.2. The van der Waals surface area contributed by atoms with Crippen LogP contribution in [0.4, 0.5) is 8.78 Å². The fourth-order valence-corrected chi connectivity index (χ4v) is 3.20. The van der Waals surface area contributed by atoms with Crippen molar-refractivity contribution in [2.24, 2.45) is 0 Å². The molecule has 0 atom stereocenters. The molecule has 0 spiro atoms. The zero-order valence-electron chi connectivity index (χ0n) is 12.9. The molecule has 0 saturated carbocycles. The average Bonchev–Trinajstić information content (AvgIpc) is 2.49. The number of nitrogens with zero attached hydrogens (tertiary/aromatic N) is 2. The number of carbonyl (C=O) groups is 1. The molecular formula is C14H19F2N3O3S. The lowest BCUT2D eigenvalue weighted by Gasteiger charge is -2.32. The summed E-state index contributed by atoms with van der Waals surface area (Å²) in [6.45, 7) is 0.691. The molecule has 1 amide bonds. The summed E-state index contributed by atoms with van der Waals surface area (Å²) in [7, 11) is -0.640. The Morgan fingerprint density at radius 3 is 2.35 bits per heavy atom. The molecule has 1 saturated heterocycles. The van der Waals surface area contributed by atoms with E-state index >= 15 is 0 Å². The maximum Gasteiger partial charge on any atom is 0.279 e. The van der Waals surface area contributed by atoms with Crippen molar-refractivity contribution in [3.8, 4) is 0 Å². The van der Waals surface area contributed by atoms with Crippen LogP contribution >= 0.6 is 0 Å². The first kappa shape index (κ1) is 17.8. The first-order valence-corrected chi connectivity index (χ1v) is 8.59. The minimum atomic E-state index is -3.51. The van der Waals surface area contributed by atoms with Crippen LogP contribution in [-0.4, -0.2) is 56.8 Å². The summed E-state index contributed by atoms with van der Waals surface area (Å²) in [6.07, 6.45) is 0.922. The Balaban J connectivity index is 1.96. The molecule has 0 radical (unpaired) electrons. The second kappa shape index (κ2) is 6.90. The molecule has 128 valence electrons. The number of nitrogens with one attached hydrogen (secondary N) is 1. The first-order valence-electron chi connectivity index (χ1n) is 7.15. The maximum absolute atomic E-state index is 13.2. The number of rotatable bonds is 4. The number of amides is 1. The van der Waals surface area contributed by atoms with Gasteiger partial charge in [-0.3, -0.25) is 4.79 Å². The van der Waals surface area contributed by atoms with Gasteiger partial charge in [0, 0.05) is 38.8 Å². The van der Waals surface area contributed by atoms with Gasteiger partial charge in [-0.15, -0.1) is 0 Å². The second-order valence-electron chi connectivity index (χ2n) is 5.60. The molecule has 6 nitrogen and oxygen atoms in total. The minimum Gasteiger partial charge on any atom is -0.339 e. The van der Waals surface area contributed by atoms with Crippen molar-refractivity contribution in [3.63, 3.8) is 0 Å². The van der Waals surface area contributed by atoms with E-state index in [1.165, 1.54) is 25.1 Å². The molecule has 0 bridgehead atoms. The van der Waals surface area contributed by atoms with Crippen LogP contribution in [0.5, 0.6) is 0 Å². The number of halogens is 2. The Hall–Kier alpha value is -1.58. The molecule has 9 heteroatoms. The minimum absolute atomic E-state index is 0.0798. The lowest BCUT2D eigenvalue weighted by Crippen LogP contribution is -2.49. The topological polar surface area (TPSA) is 69.7 Å². The van der Waals surface area contributed by atoms with Crippen molar-refractivity contribution in [2.75, 3.05) is 27.2 Å². The zero-order valence-corrected chi connectivity index (χ0v) is 13.7. The Bertz CT molecular complexity index is 687. The van der Waals surface area contributed by atoms with Gasteiger partial charge in [0.2, 0.25) is 0 Å². The molecule has 1 aromatic carbocycles. The van der Waals surface area contributed by atoms with Gasteiger partial charge >= 0.3 is 0 Å². The summed E-state index contributed by atoms with van der Waals surface area (Å²) in [5, 5.41) is 0. The third-order valence-electron chi connectivity index (χ3n) is 3.75. The number of piperidine rings is 1. The van der Waals surface area contributed by atoms with Crippen LogP contribution in [0.1, 0.15) is 23.2 Å². The summed E-state index contributed by atoms with van der Waals surface area (Å²) in [4.78, 5) is 13.8. The standard InChI is InChI=1S/C14H19F2N3O3S/c1-18(2)23(21,22)17-11-5-7-19(8-6-11)14(20)10-3-4-12(15)13(16)9-10/h3-4,9,11,17H,5-8H2,1-2H3. The van der Waals surface area contributed by atoms with Crippen molar-refractivity contribution < 1.29 is 22.0 Å². The van der Waals surface area contributed by atoms with Crippen molar-refractivity contribution in [2.45, 2.75) is 18.9 Å². The molecule has 1 aliphatic heterocycles. The van der Waals surface area contributed by atoms with Gasteiger partial charge in [0.05, 0.1) is 0 Å². The third kappa shape index (κ3) is 4.24.